The van der Waals surface area contributed by atoms with E-state index >= 15 is 0 Å². The summed E-state index contributed by atoms with van der Waals surface area (Å²) in [6, 6.07) is 32.5. The Hall–Kier alpha value is -2.44. The topological polar surface area (TPSA) is 0 Å². The number of hydrogen-bond donors (Lipinski definition) is 0. The molecular weight excluding hydrogens is 691 g/mol. The molecule has 6 aliphatic carbocycles. The van der Waals surface area contributed by atoms with Gasteiger partial charge in [-0.2, -0.15) is 0 Å². The maximum absolute atomic E-state index is 2.70. The molecule has 4 saturated carbocycles. The van der Waals surface area contributed by atoms with Gasteiger partial charge in [-0.25, -0.2) is 0 Å². The second kappa shape index (κ2) is 12.8. The molecule has 0 heterocycles. The zero-order chi connectivity index (χ0) is 30.4. The smallest absolute Gasteiger partial charge is 1.00 e. The van der Waals surface area contributed by atoms with E-state index in [9.17, 15) is 0 Å². The Bertz CT molecular complexity index is 2080. The summed E-state index contributed by atoms with van der Waals surface area (Å²) in [5.41, 5.74) is 12.7. The molecular formula is C44H41Cl2Zr. The summed E-state index contributed by atoms with van der Waals surface area (Å²) in [6.07, 6.45) is 12.8. The summed E-state index contributed by atoms with van der Waals surface area (Å²) in [7, 11) is 0. The van der Waals surface area contributed by atoms with Crippen LogP contribution in [-0.2, 0) is 24.7 Å². The van der Waals surface area contributed by atoms with Gasteiger partial charge in [0.15, 0.2) is 0 Å². The third kappa shape index (κ3) is 5.44. The summed E-state index contributed by atoms with van der Waals surface area (Å²) in [6.45, 7) is 6.86. The Kier molecular flexibility index (Phi) is 9.00. The van der Waals surface area contributed by atoms with E-state index in [1.165, 1.54) is 126 Å². The number of fused-ring (bicyclic) bond motifs is 2. The van der Waals surface area contributed by atoms with Gasteiger partial charge in [0.05, 0.1) is 0 Å². The van der Waals surface area contributed by atoms with E-state index < -0.39 is 0 Å². The zero-order valence-corrected chi connectivity index (χ0v) is 31.5. The van der Waals surface area contributed by atoms with Crippen LogP contribution < -0.4 is 35.3 Å². The van der Waals surface area contributed by atoms with Gasteiger partial charge in [0, 0.05) is 0 Å². The standard InChI is InChI=1S/C44H41.2ClH.Zr/c1-26-8-12-31(13-9-26)43(32-14-10-27(2)11-15-32)39-17-16-38-37-7-5-4-6-33(37)24-41(38)44(39)40-25-34(18-28(40)3)42-35-20-29-19-30(22-35)23-36(42)21-29;;;/h4-18,25,28-30,35-36,42H,19-23H2,1-3H3;2*1H;/q;;;+2/p-2. The maximum Gasteiger partial charge on any atom is -1.00 e. The summed E-state index contributed by atoms with van der Waals surface area (Å²) < 4.78 is 1.51. The van der Waals surface area contributed by atoms with E-state index in [0.29, 0.717) is 5.92 Å². The van der Waals surface area contributed by atoms with Crippen molar-refractivity contribution in [3.8, 4) is 0 Å². The number of halogens is 2. The van der Waals surface area contributed by atoms with E-state index in [2.05, 4.69) is 118 Å². The van der Waals surface area contributed by atoms with Crippen molar-refractivity contribution in [3.05, 3.63) is 157 Å². The molecule has 0 spiro atoms. The molecule has 0 aliphatic heterocycles. The average molecular weight is 732 g/mol. The van der Waals surface area contributed by atoms with Crippen molar-refractivity contribution in [3.63, 3.8) is 0 Å². The normalized spacial score (nSPS) is 26.2. The molecule has 0 radical (unpaired) electrons. The van der Waals surface area contributed by atoms with Gasteiger partial charge >= 0.3 is 284 Å². The van der Waals surface area contributed by atoms with Crippen LogP contribution in [0.5, 0.6) is 0 Å². The van der Waals surface area contributed by atoms with Gasteiger partial charge in [0.1, 0.15) is 0 Å². The number of benzene rings is 4. The van der Waals surface area contributed by atoms with E-state index in [4.69, 9.17) is 0 Å². The molecule has 1 atom stereocenters. The van der Waals surface area contributed by atoms with Gasteiger partial charge in [-0.3, -0.25) is 0 Å². The predicted octanol–water partition coefficient (Wildman–Crippen LogP) is 2.89. The Balaban J connectivity index is 0.00000176. The van der Waals surface area contributed by atoms with Crippen molar-refractivity contribution in [1.29, 1.82) is 0 Å². The molecule has 0 amide bonds. The number of rotatable bonds is 4. The van der Waals surface area contributed by atoms with Crippen LogP contribution in [0.3, 0.4) is 0 Å². The first-order valence-corrected chi connectivity index (χ1v) is 18.5. The van der Waals surface area contributed by atoms with Crippen molar-refractivity contribution in [2.45, 2.75) is 52.9 Å². The van der Waals surface area contributed by atoms with Gasteiger partial charge in [-0.05, 0) is 0 Å². The first-order chi connectivity index (χ1) is 21.9. The van der Waals surface area contributed by atoms with Crippen molar-refractivity contribution in [2.24, 2.45) is 35.5 Å². The maximum atomic E-state index is 2.70. The van der Waals surface area contributed by atoms with Gasteiger partial charge in [-0.1, -0.05) is 0 Å². The first-order valence-electron chi connectivity index (χ1n) is 17.2. The molecule has 10 rings (SSSR count). The van der Waals surface area contributed by atoms with Gasteiger partial charge in [-0.15, -0.1) is 0 Å². The first kappa shape index (κ1) is 33.1. The molecule has 0 N–H and O–H groups in total. The van der Waals surface area contributed by atoms with Crippen molar-refractivity contribution >= 4 is 14.4 Å². The second-order valence-electron chi connectivity index (χ2n) is 14.9. The predicted molar refractivity (Wildman–Crippen MR) is 182 cm³/mol. The molecule has 0 aromatic heterocycles. The van der Waals surface area contributed by atoms with Crippen LogP contribution in [0.25, 0.3) is 14.4 Å². The summed E-state index contributed by atoms with van der Waals surface area (Å²) in [4.78, 5) is 0. The summed E-state index contributed by atoms with van der Waals surface area (Å²) >= 11 is 1.49. The van der Waals surface area contributed by atoms with Gasteiger partial charge in [0.2, 0.25) is 0 Å². The fraction of sp³-hybridized carbons (Fsp3) is 0.318. The summed E-state index contributed by atoms with van der Waals surface area (Å²) in [5, 5.41) is 5.63. The van der Waals surface area contributed by atoms with Crippen LogP contribution >= 0.6 is 0 Å². The van der Waals surface area contributed by atoms with E-state index in [0.717, 1.165) is 29.6 Å². The third-order valence-electron chi connectivity index (χ3n) is 12.0. The van der Waals surface area contributed by atoms with Crippen LogP contribution in [0.2, 0.25) is 0 Å². The number of allylic oxidation sites excluding steroid dienone is 4. The Morgan fingerprint density at radius 2 is 1.17 bits per heavy atom. The summed E-state index contributed by atoms with van der Waals surface area (Å²) in [5.74, 6) is 5.00. The monoisotopic (exact) mass is 729 g/mol. The van der Waals surface area contributed by atoms with Gasteiger partial charge in [0.25, 0.3) is 0 Å². The van der Waals surface area contributed by atoms with Crippen LogP contribution in [0.15, 0.2) is 103 Å². The van der Waals surface area contributed by atoms with Crippen LogP contribution in [0.1, 0.15) is 72.4 Å². The van der Waals surface area contributed by atoms with Crippen molar-refractivity contribution < 1.29 is 49.5 Å². The van der Waals surface area contributed by atoms with E-state index in [-0.39, 0.29) is 24.8 Å². The molecule has 0 saturated heterocycles. The number of aryl methyl sites for hydroxylation is 2. The molecule has 235 valence electrons. The SMILES string of the molecule is Cc1ccc(C(c2ccc(C)cc2)=c2ccc3c(c2C2=CC(C4C5CC6CC(C5)CC4C6)=CC2C)[C]([Zr+2])=c2ccccc2=3)cc1.[Cl-].[Cl-]. The molecule has 47 heavy (non-hydrogen) atoms. The Labute approximate surface area is 307 Å². The fourth-order valence-electron chi connectivity index (χ4n) is 10.3. The van der Waals surface area contributed by atoms with E-state index in [1.54, 1.807) is 5.57 Å². The van der Waals surface area contributed by atoms with E-state index in [1.807, 2.05) is 0 Å². The molecule has 0 nitrogen and oxygen atoms in total. The molecule has 1 unspecified atom stereocenters. The fourth-order valence-corrected chi connectivity index (χ4v) is 11.5. The van der Waals surface area contributed by atoms with Crippen molar-refractivity contribution in [1.82, 2.24) is 0 Å². The molecule has 6 aliphatic rings. The molecule has 4 aromatic carbocycles. The van der Waals surface area contributed by atoms with Gasteiger partial charge < -0.3 is 24.8 Å². The largest absolute Gasteiger partial charge is 1.00 e. The minimum Gasteiger partial charge on any atom is -1.00 e. The molecule has 4 fully saturated rings. The Morgan fingerprint density at radius 3 is 1.74 bits per heavy atom. The number of hydrogen-bond acceptors (Lipinski definition) is 0. The zero-order valence-electron chi connectivity index (χ0n) is 27.5. The minimum absolute atomic E-state index is 0. The third-order valence-corrected chi connectivity index (χ3v) is 13.3. The average Bonchev–Trinajstić information content (AvgIpc) is 3.55. The van der Waals surface area contributed by atoms with Crippen molar-refractivity contribution in [2.75, 3.05) is 0 Å². The second-order valence-corrected chi connectivity index (χ2v) is 16.2. The molecule has 4 bridgehead atoms. The van der Waals surface area contributed by atoms with Crippen LogP contribution in [0, 0.1) is 59.8 Å². The Morgan fingerprint density at radius 1 is 0.617 bits per heavy atom. The minimum atomic E-state index is 0. The molecule has 3 heteroatoms. The van der Waals surface area contributed by atoms with Crippen LogP contribution in [0.4, 0.5) is 0 Å². The van der Waals surface area contributed by atoms with Crippen LogP contribution in [-0.4, -0.2) is 0 Å². The quantitative estimate of drug-likeness (QED) is 0.303. The molecule has 4 aromatic rings.